The molecule has 1 unspecified atom stereocenters. The zero-order valence-corrected chi connectivity index (χ0v) is 14.6. The highest BCUT2D eigenvalue weighted by molar-refractivity contribution is 9.10. The molecular weight excluding hydrogens is 349 g/mol. The Labute approximate surface area is 138 Å². The van der Waals surface area contributed by atoms with Gasteiger partial charge in [0.1, 0.15) is 5.82 Å². The Morgan fingerprint density at radius 3 is 2.52 bits per heavy atom. The van der Waals surface area contributed by atoms with E-state index in [9.17, 15) is 4.39 Å². The highest BCUT2D eigenvalue weighted by Gasteiger charge is 2.17. The van der Waals surface area contributed by atoms with E-state index in [1.54, 1.807) is 17.8 Å². The first-order chi connectivity index (χ1) is 10.2. The maximum absolute atomic E-state index is 14.2. The largest absolute Gasteiger partial charge is 0.306 e. The van der Waals surface area contributed by atoms with Gasteiger partial charge in [-0.1, -0.05) is 35.0 Å². The van der Waals surface area contributed by atoms with Crippen LogP contribution < -0.4 is 5.32 Å². The fourth-order valence-corrected chi connectivity index (χ4v) is 3.02. The van der Waals surface area contributed by atoms with Crippen molar-refractivity contribution in [2.24, 2.45) is 0 Å². The van der Waals surface area contributed by atoms with Crippen LogP contribution in [0, 0.1) is 5.82 Å². The van der Waals surface area contributed by atoms with E-state index >= 15 is 0 Å². The molecule has 2 rings (SSSR count). The summed E-state index contributed by atoms with van der Waals surface area (Å²) in [7, 11) is 0. The highest BCUT2D eigenvalue weighted by Crippen LogP contribution is 2.28. The Bertz CT molecular complexity index is 586. The van der Waals surface area contributed by atoms with Crippen LogP contribution in [0.25, 0.3) is 0 Å². The first-order valence-corrected chi connectivity index (χ1v) is 8.99. The number of benzene rings is 2. The number of thioether (sulfide) groups is 1. The van der Waals surface area contributed by atoms with Crippen molar-refractivity contribution in [1.29, 1.82) is 0 Å². The summed E-state index contributed by atoms with van der Waals surface area (Å²) in [6.45, 7) is 2.96. The molecule has 1 atom stereocenters. The van der Waals surface area contributed by atoms with Crippen molar-refractivity contribution >= 4 is 27.7 Å². The van der Waals surface area contributed by atoms with Gasteiger partial charge in [0.15, 0.2) is 0 Å². The summed E-state index contributed by atoms with van der Waals surface area (Å²) < 4.78 is 15.1. The Kier molecular flexibility index (Phi) is 6.27. The number of rotatable bonds is 6. The van der Waals surface area contributed by atoms with Gasteiger partial charge in [-0.05, 0) is 55.1 Å². The van der Waals surface area contributed by atoms with Crippen molar-refractivity contribution < 1.29 is 4.39 Å². The van der Waals surface area contributed by atoms with E-state index in [0.717, 1.165) is 23.0 Å². The monoisotopic (exact) mass is 367 g/mol. The molecule has 4 heteroatoms. The first kappa shape index (κ1) is 16.5. The van der Waals surface area contributed by atoms with E-state index in [1.165, 1.54) is 11.0 Å². The molecule has 112 valence electrons. The second-order valence-electron chi connectivity index (χ2n) is 4.83. The molecule has 0 saturated heterocycles. The van der Waals surface area contributed by atoms with Crippen LogP contribution in [0.4, 0.5) is 4.39 Å². The van der Waals surface area contributed by atoms with Crippen molar-refractivity contribution in [2.75, 3.05) is 12.8 Å². The van der Waals surface area contributed by atoms with Crippen LogP contribution in [-0.2, 0) is 0 Å². The quantitative estimate of drug-likeness (QED) is 0.686. The van der Waals surface area contributed by atoms with Crippen LogP contribution in [0.3, 0.4) is 0 Å². The zero-order chi connectivity index (χ0) is 15.2. The number of halogens is 2. The number of nitrogens with one attached hydrogen (secondary N) is 1. The van der Waals surface area contributed by atoms with Crippen LogP contribution in [-0.4, -0.2) is 12.8 Å². The van der Waals surface area contributed by atoms with Crippen molar-refractivity contribution in [3.63, 3.8) is 0 Å². The topological polar surface area (TPSA) is 12.0 Å². The zero-order valence-electron chi connectivity index (χ0n) is 12.2. The van der Waals surface area contributed by atoms with Crippen LogP contribution in [0.2, 0.25) is 0 Å². The summed E-state index contributed by atoms with van der Waals surface area (Å²) in [6.07, 6.45) is 3.06. The summed E-state index contributed by atoms with van der Waals surface area (Å²) in [6, 6.07) is 13.3. The van der Waals surface area contributed by atoms with E-state index in [-0.39, 0.29) is 11.9 Å². The maximum atomic E-state index is 14.2. The fraction of sp³-hybridized carbons (Fsp3) is 0.294. The fourth-order valence-electron chi connectivity index (χ4n) is 2.23. The number of hydrogen-bond donors (Lipinski definition) is 1. The van der Waals surface area contributed by atoms with Gasteiger partial charge in [0.05, 0.1) is 6.04 Å². The molecule has 2 aromatic rings. The average molecular weight is 368 g/mol. The van der Waals surface area contributed by atoms with Crippen molar-refractivity contribution in [3.8, 4) is 0 Å². The molecular formula is C17H19BrFNS. The van der Waals surface area contributed by atoms with Crippen LogP contribution >= 0.6 is 27.7 Å². The normalized spacial score (nSPS) is 12.4. The highest BCUT2D eigenvalue weighted by atomic mass is 79.9. The van der Waals surface area contributed by atoms with Gasteiger partial charge in [0.25, 0.3) is 0 Å². The Morgan fingerprint density at radius 1 is 1.19 bits per heavy atom. The molecule has 0 aromatic heterocycles. The molecule has 0 spiro atoms. The third-order valence-corrected chi connectivity index (χ3v) is 4.55. The summed E-state index contributed by atoms with van der Waals surface area (Å²) in [4.78, 5) is 1.21. The van der Waals surface area contributed by atoms with Gasteiger partial charge in [-0.3, -0.25) is 0 Å². The standard InChI is InChI=1S/C17H19BrFNS/c1-3-10-20-17(12-4-7-14(21-2)8-5-12)15-11-13(18)6-9-16(15)19/h4-9,11,17,20H,3,10H2,1-2H3. The molecule has 21 heavy (non-hydrogen) atoms. The average Bonchev–Trinajstić information content (AvgIpc) is 2.51. The molecule has 0 radical (unpaired) electrons. The lowest BCUT2D eigenvalue weighted by Crippen LogP contribution is -2.24. The van der Waals surface area contributed by atoms with Gasteiger partial charge >= 0.3 is 0 Å². The second-order valence-corrected chi connectivity index (χ2v) is 6.62. The summed E-state index contributed by atoms with van der Waals surface area (Å²) in [5.74, 6) is -0.180. The number of hydrogen-bond acceptors (Lipinski definition) is 2. The Hall–Kier alpha value is -0.840. The van der Waals surface area contributed by atoms with Crippen molar-refractivity contribution in [1.82, 2.24) is 5.32 Å². The van der Waals surface area contributed by atoms with Gasteiger partial charge in [-0.25, -0.2) is 4.39 Å². The molecule has 1 nitrogen and oxygen atoms in total. The molecule has 0 aliphatic carbocycles. The van der Waals surface area contributed by atoms with Gasteiger partial charge < -0.3 is 5.32 Å². The van der Waals surface area contributed by atoms with E-state index in [4.69, 9.17) is 0 Å². The molecule has 0 aliphatic heterocycles. The van der Waals surface area contributed by atoms with Crippen LogP contribution in [0.5, 0.6) is 0 Å². The SMILES string of the molecule is CCCNC(c1ccc(SC)cc1)c1cc(Br)ccc1F. The second kappa shape index (κ2) is 7.97. The first-order valence-electron chi connectivity index (χ1n) is 6.98. The minimum Gasteiger partial charge on any atom is -0.306 e. The molecule has 0 amide bonds. The molecule has 0 fully saturated rings. The lowest BCUT2D eigenvalue weighted by molar-refractivity contribution is 0.546. The molecule has 0 bridgehead atoms. The minimum atomic E-state index is -0.180. The summed E-state index contributed by atoms with van der Waals surface area (Å²) in [5.41, 5.74) is 1.76. The Balaban J connectivity index is 2.38. The molecule has 0 aliphatic rings. The van der Waals surface area contributed by atoms with Gasteiger partial charge in [-0.15, -0.1) is 11.8 Å². The van der Waals surface area contributed by atoms with Gasteiger partial charge in [0, 0.05) is 14.9 Å². The molecule has 2 aromatic carbocycles. The molecule has 1 N–H and O–H groups in total. The van der Waals surface area contributed by atoms with Crippen LogP contribution in [0.1, 0.15) is 30.5 Å². The van der Waals surface area contributed by atoms with E-state index < -0.39 is 0 Å². The van der Waals surface area contributed by atoms with Gasteiger partial charge in [0.2, 0.25) is 0 Å². The van der Waals surface area contributed by atoms with Crippen molar-refractivity contribution in [3.05, 3.63) is 63.9 Å². The van der Waals surface area contributed by atoms with Crippen molar-refractivity contribution in [2.45, 2.75) is 24.3 Å². The Morgan fingerprint density at radius 2 is 1.90 bits per heavy atom. The summed E-state index contributed by atoms with van der Waals surface area (Å²) >= 11 is 5.14. The predicted molar refractivity (Wildman–Crippen MR) is 92.5 cm³/mol. The van der Waals surface area contributed by atoms with Gasteiger partial charge in [-0.2, -0.15) is 0 Å². The van der Waals surface area contributed by atoms with E-state index in [2.05, 4.69) is 58.7 Å². The molecule has 0 heterocycles. The lowest BCUT2D eigenvalue weighted by atomic mass is 9.98. The minimum absolute atomic E-state index is 0.127. The summed E-state index contributed by atoms with van der Waals surface area (Å²) in [5, 5.41) is 3.44. The smallest absolute Gasteiger partial charge is 0.128 e. The van der Waals surface area contributed by atoms with E-state index in [1.807, 2.05) is 6.07 Å². The maximum Gasteiger partial charge on any atom is 0.128 e. The molecule has 0 saturated carbocycles. The lowest BCUT2D eigenvalue weighted by Gasteiger charge is -2.21. The predicted octanol–water partition coefficient (Wildman–Crippen LogP) is 5.40. The van der Waals surface area contributed by atoms with E-state index in [0.29, 0.717) is 5.56 Å². The third kappa shape index (κ3) is 4.31. The van der Waals surface area contributed by atoms with Crippen LogP contribution in [0.15, 0.2) is 51.8 Å². The third-order valence-electron chi connectivity index (χ3n) is 3.32.